The topological polar surface area (TPSA) is 66.6 Å². The second kappa shape index (κ2) is 11.0. The third kappa shape index (κ3) is 5.99. The lowest BCUT2D eigenvalue weighted by molar-refractivity contribution is -0.130. The van der Waals surface area contributed by atoms with Gasteiger partial charge < -0.3 is 4.90 Å². The summed E-state index contributed by atoms with van der Waals surface area (Å²) in [6.45, 7) is 9.87. The molecule has 0 unspecified atom stereocenters. The molecule has 37 heavy (non-hydrogen) atoms. The molecular formula is C28H31FN6OS. The van der Waals surface area contributed by atoms with Crippen LogP contribution in [0.4, 0.5) is 4.39 Å². The first kappa shape index (κ1) is 25.4. The van der Waals surface area contributed by atoms with E-state index < -0.39 is 0 Å². The molecule has 0 N–H and O–H groups in total. The lowest BCUT2D eigenvalue weighted by Crippen LogP contribution is -2.48. The molecule has 7 nitrogen and oxygen atoms in total. The maximum atomic E-state index is 13.1. The Morgan fingerprint density at radius 1 is 0.919 bits per heavy atom. The summed E-state index contributed by atoms with van der Waals surface area (Å²) < 4.78 is 14.9. The number of aryl methyl sites for hydroxylation is 3. The van der Waals surface area contributed by atoms with Crippen molar-refractivity contribution in [2.24, 2.45) is 0 Å². The lowest BCUT2D eigenvalue weighted by Gasteiger charge is -2.34. The Morgan fingerprint density at radius 3 is 2.30 bits per heavy atom. The van der Waals surface area contributed by atoms with E-state index in [2.05, 4.69) is 51.2 Å². The molecule has 0 bridgehead atoms. The minimum atomic E-state index is -0.222. The van der Waals surface area contributed by atoms with Crippen molar-refractivity contribution in [2.45, 2.75) is 38.9 Å². The summed E-state index contributed by atoms with van der Waals surface area (Å²) in [7, 11) is 0. The Kier molecular flexibility index (Phi) is 7.53. The summed E-state index contributed by atoms with van der Waals surface area (Å²) in [6.07, 6.45) is 0.787. The van der Waals surface area contributed by atoms with Crippen molar-refractivity contribution in [3.05, 3.63) is 88.0 Å². The number of thioether (sulfide) groups is 1. The second-order valence-corrected chi connectivity index (χ2v) is 10.5. The minimum Gasteiger partial charge on any atom is -0.339 e. The fourth-order valence-electron chi connectivity index (χ4n) is 4.64. The highest BCUT2D eigenvalue weighted by Crippen LogP contribution is 2.21. The van der Waals surface area contributed by atoms with Gasteiger partial charge in [0.2, 0.25) is 11.1 Å². The Hall–Kier alpha value is -3.30. The molecule has 192 valence electrons. The zero-order valence-corrected chi connectivity index (χ0v) is 22.3. The second-order valence-electron chi connectivity index (χ2n) is 9.60. The minimum absolute atomic E-state index is 0.0891. The van der Waals surface area contributed by atoms with Crippen LogP contribution in [0.15, 0.2) is 53.7 Å². The molecule has 2 aromatic heterocycles. The van der Waals surface area contributed by atoms with Gasteiger partial charge in [0, 0.05) is 50.5 Å². The first-order chi connectivity index (χ1) is 17.9. The summed E-state index contributed by atoms with van der Waals surface area (Å²) in [5.74, 6) is 0.724. The van der Waals surface area contributed by atoms with Crippen LogP contribution in [-0.2, 0) is 17.8 Å². The number of halogens is 1. The van der Waals surface area contributed by atoms with Gasteiger partial charge in [-0.05, 0) is 49.6 Å². The zero-order valence-electron chi connectivity index (χ0n) is 21.4. The number of nitrogens with zero attached hydrogens (tertiary/aromatic N) is 6. The van der Waals surface area contributed by atoms with Gasteiger partial charge in [0.15, 0.2) is 0 Å². The highest BCUT2D eigenvalue weighted by Gasteiger charge is 2.22. The zero-order chi connectivity index (χ0) is 25.9. The largest absolute Gasteiger partial charge is 0.339 e. The van der Waals surface area contributed by atoms with E-state index >= 15 is 0 Å². The van der Waals surface area contributed by atoms with Gasteiger partial charge in [0.05, 0.1) is 5.75 Å². The summed E-state index contributed by atoms with van der Waals surface area (Å²) in [5.41, 5.74) is 6.67. The molecule has 0 saturated carbocycles. The van der Waals surface area contributed by atoms with E-state index in [1.165, 1.54) is 35.0 Å². The van der Waals surface area contributed by atoms with Gasteiger partial charge in [0.1, 0.15) is 5.82 Å². The van der Waals surface area contributed by atoms with Crippen LogP contribution < -0.4 is 0 Å². The van der Waals surface area contributed by atoms with Crippen LogP contribution >= 0.6 is 11.8 Å². The molecule has 0 radical (unpaired) electrons. The van der Waals surface area contributed by atoms with Crippen molar-refractivity contribution in [3.8, 4) is 0 Å². The standard InChI is InChI=1S/C28H31FN6OS/c1-19-4-6-22(7-5-19)16-25-20(2)30-27-31-28(32-35(27)21(25)3)37-18-26(36)34-14-12-33(13-15-34)17-23-8-10-24(29)11-9-23/h4-11H,12-18H2,1-3H3. The quantitative estimate of drug-likeness (QED) is 0.342. The molecule has 3 heterocycles. The monoisotopic (exact) mass is 518 g/mol. The molecule has 1 aliphatic rings. The third-order valence-electron chi connectivity index (χ3n) is 6.90. The van der Waals surface area contributed by atoms with Crippen LogP contribution in [0.2, 0.25) is 0 Å². The molecule has 2 aromatic carbocycles. The number of carbonyl (C=O) groups excluding carboxylic acids is 1. The fourth-order valence-corrected chi connectivity index (χ4v) is 5.36. The number of amides is 1. The van der Waals surface area contributed by atoms with Crippen LogP contribution in [-0.4, -0.2) is 67.2 Å². The number of hydrogen-bond donors (Lipinski definition) is 0. The summed E-state index contributed by atoms with van der Waals surface area (Å²) >= 11 is 1.36. The van der Waals surface area contributed by atoms with E-state index in [4.69, 9.17) is 0 Å². The van der Waals surface area contributed by atoms with Crippen molar-refractivity contribution in [1.82, 2.24) is 29.4 Å². The van der Waals surface area contributed by atoms with Gasteiger partial charge >= 0.3 is 0 Å². The Morgan fingerprint density at radius 2 is 1.59 bits per heavy atom. The number of benzene rings is 2. The number of rotatable bonds is 7. The molecule has 0 spiro atoms. The normalized spacial score (nSPS) is 14.4. The molecular weight excluding hydrogens is 487 g/mol. The molecule has 0 aliphatic carbocycles. The van der Waals surface area contributed by atoms with E-state index in [9.17, 15) is 9.18 Å². The van der Waals surface area contributed by atoms with Crippen molar-refractivity contribution >= 4 is 23.4 Å². The van der Waals surface area contributed by atoms with Crippen molar-refractivity contribution in [1.29, 1.82) is 0 Å². The predicted molar refractivity (Wildman–Crippen MR) is 143 cm³/mol. The van der Waals surface area contributed by atoms with Gasteiger partial charge in [-0.3, -0.25) is 9.69 Å². The lowest BCUT2D eigenvalue weighted by atomic mass is 10.0. The maximum absolute atomic E-state index is 13.1. The van der Waals surface area contributed by atoms with Crippen LogP contribution in [0.25, 0.3) is 5.78 Å². The Labute approximate surface area is 220 Å². The van der Waals surface area contributed by atoms with E-state index in [0.717, 1.165) is 48.6 Å². The Bertz CT molecular complexity index is 1400. The van der Waals surface area contributed by atoms with Gasteiger partial charge in [-0.25, -0.2) is 13.9 Å². The van der Waals surface area contributed by atoms with Crippen molar-refractivity contribution in [3.63, 3.8) is 0 Å². The molecule has 5 rings (SSSR count). The average Bonchev–Trinajstić information content (AvgIpc) is 3.31. The third-order valence-corrected chi connectivity index (χ3v) is 7.72. The van der Waals surface area contributed by atoms with Crippen molar-refractivity contribution in [2.75, 3.05) is 31.9 Å². The smallest absolute Gasteiger partial charge is 0.253 e. The van der Waals surface area contributed by atoms with Gasteiger partial charge in [-0.1, -0.05) is 53.7 Å². The first-order valence-corrected chi connectivity index (χ1v) is 13.5. The molecule has 0 atom stereocenters. The fraction of sp³-hybridized carbons (Fsp3) is 0.357. The number of carbonyl (C=O) groups is 1. The number of piperazine rings is 1. The molecule has 4 aromatic rings. The highest BCUT2D eigenvalue weighted by atomic mass is 32.2. The average molecular weight is 519 g/mol. The first-order valence-electron chi connectivity index (χ1n) is 12.5. The van der Waals surface area contributed by atoms with E-state index in [1.807, 2.05) is 30.9 Å². The Balaban J connectivity index is 1.18. The summed E-state index contributed by atoms with van der Waals surface area (Å²) in [4.78, 5) is 26.3. The van der Waals surface area contributed by atoms with Crippen LogP contribution in [0.5, 0.6) is 0 Å². The summed E-state index contributed by atoms with van der Waals surface area (Å²) in [5, 5.41) is 5.21. The number of fused-ring (bicyclic) bond motifs is 1. The SMILES string of the molecule is Cc1ccc(Cc2c(C)nc3nc(SCC(=O)N4CCN(Cc5ccc(F)cc5)CC4)nn3c2C)cc1. The molecule has 1 fully saturated rings. The molecule has 9 heteroatoms. The molecule has 1 aliphatic heterocycles. The van der Waals surface area contributed by atoms with Gasteiger partial charge in [0.25, 0.3) is 5.78 Å². The van der Waals surface area contributed by atoms with Crippen LogP contribution in [0.3, 0.4) is 0 Å². The van der Waals surface area contributed by atoms with E-state index in [1.54, 1.807) is 4.52 Å². The maximum Gasteiger partial charge on any atom is 0.253 e. The van der Waals surface area contributed by atoms with Crippen molar-refractivity contribution < 1.29 is 9.18 Å². The van der Waals surface area contributed by atoms with Crippen LogP contribution in [0, 0.1) is 26.6 Å². The van der Waals surface area contributed by atoms with E-state index in [-0.39, 0.29) is 11.7 Å². The molecule has 1 saturated heterocycles. The predicted octanol–water partition coefficient (Wildman–Crippen LogP) is 4.22. The number of aromatic nitrogens is 4. The highest BCUT2D eigenvalue weighted by molar-refractivity contribution is 7.99. The molecule has 1 amide bonds. The van der Waals surface area contributed by atoms with E-state index in [0.29, 0.717) is 29.8 Å². The van der Waals surface area contributed by atoms with Gasteiger partial charge in [-0.2, -0.15) is 4.98 Å². The van der Waals surface area contributed by atoms with Gasteiger partial charge in [-0.15, -0.1) is 5.10 Å². The summed E-state index contributed by atoms with van der Waals surface area (Å²) in [6, 6.07) is 15.2. The van der Waals surface area contributed by atoms with Crippen LogP contribution in [0.1, 0.15) is 33.6 Å². The number of hydrogen-bond acceptors (Lipinski definition) is 6.